The number of nitrogens with one attached hydrogen (secondary N) is 1. The van der Waals surface area contributed by atoms with Gasteiger partial charge in [0.2, 0.25) is 0 Å². The first kappa shape index (κ1) is 22.5. The molecule has 144 valence electrons. The summed E-state index contributed by atoms with van der Waals surface area (Å²) in [4.78, 5) is 0. The number of piperidine rings is 1. The van der Waals surface area contributed by atoms with E-state index in [-0.39, 0.29) is 30.4 Å². The van der Waals surface area contributed by atoms with Crippen LogP contribution in [0, 0.1) is 5.92 Å². The number of rotatable bonds is 3. The van der Waals surface area contributed by atoms with Crippen LogP contribution in [0.4, 0.5) is 13.2 Å². The van der Waals surface area contributed by atoms with Crippen molar-refractivity contribution in [2.24, 2.45) is 5.92 Å². The minimum Gasteiger partial charge on any atom is -0.507 e. The largest absolute Gasteiger partial charge is 0.507 e. The van der Waals surface area contributed by atoms with E-state index in [0.29, 0.717) is 17.7 Å². The zero-order valence-corrected chi connectivity index (χ0v) is 15.4. The van der Waals surface area contributed by atoms with Crippen LogP contribution >= 0.6 is 24.8 Å². The maximum absolute atomic E-state index is 12.6. The average molecular weight is 410 g/mol. The lowest BCUT2D eigenvalue weighted by Crippen LogP contribution is -2.31. The molecule has 1 aliphatic rings. The Labute approximate surface area is 162 Å². The highest BCUT2D eigenvalue weighted by molar-refractivity contribution is 5.85. The zero-order valence-electron chi connectivity index (χ0n) is 13.8. The number of hydrogen-bond donors (Lipinski definition) is 2. The standard InChI is InChI=1S/C17H18F3N3O.2ClH/c18-17(19,20)12-3-5-14(16(24)9-12)15-6-4-13(22-23-15)8-11-2-1-7-21-10-11;;/h3-6,9,11,21,24H,1-2,7-8,10H2;2*1H. The quantitative estimate of drug-likeness (QED) is 0.795. The molecule has 26 heavy (non-hydrogen) atoms. The minimum absolute atomic E-state index is 0. The molecule has 0 radical (unpaired) electrons. The summed E-state index contributed by atoms with van der Waals surface area (Å²) in [5.74, 6) is 0.0710. The second-order valence-electron chi connectivity index (χ2n) is 6.06. The van der Waals surface area contributed by atoms with E-state index in [4.69, 9.17) is 0 Å². The molecule has 1 atom stereocenters. The van der Waals surface area contributed by atoms with Gasteiger partial charge >= 0.3 is 6.18 Å². The molecule has 1 saturated heterocycles. The van der Waals surface area contributed by atoms with E-state index in [2.05, 4.69) is 15.5 Å². The van der Waals surface area contributed by atoms with Crippen molar-refractivity contribution in [3.8, 4) is 17.0 Å². The lowest BCUT2D eigenvalue weighted by atomic mass is 9.94. The highest BCUT2D eigenvalue weighted by atomic mass is 35.5. The third-order valence-electron chi connectivity index (χ3n) is 4.22. The molecule has 3 rings (SSSR count). The first-order chi connectivity index (χ1) is 11.4. The highest BCUT2D eigenvalue weighted by Gasteiger charge is 2.31. The van der Waals surface area contributed by atoms with Crippen molar-refractivity contribution in [3.63, 3.8) is 0 Å². The molecule has 4 nitrogen and oxygen atoms in total. The fourth-order valence-corrected chi connectivity index (χ4v) is 2.93. The lowest BCUT2D eigenvalue weighted by molar-refractivity contribution is -0.137. The number of phenolic OH excluding ortho intramolecular Hbond substituents is 1. The van der Waals surface area contributed by atoms with Crippen molar-refractivity contribution >= 4 is 24.8 Å². The van der Waals surface area contributed by atoms with Gasteiger partial charge < -0.3 is 10.4 Å². The second kappa shape index (κ2) is 9.39. The number of hydrogen-bond acceptors (Lipinski definition) is 4. The molecule has 0 amide bonds. The molecule has 1 unspecified atom stereocenters. The molecule has 0 spiro atoms. The van der Waals surface area contributed by atoms with E-state index in [1.54, 1.807) is 6.07 Å². The van der Waals surface area contributed by atoms with Gasteiger partial charge in [-0.25, -0.2) is 0 Å². The van der Waals surface area contributed by atoms with Gasteiger partial charge in [0.05, 0.1) is 17.0 Å². The molecule has 0 aliphatic carbocycles. The Bertz CT molecular complexity index is 705. The molecular weight excluding hydrogens is 390 g/mol. The van der Waals surface area contributed by atoms with Gasteiger partial charge in [-0.2, -0.15) is 23.4 Å². The number of nitrogens with zero attached hydrogens (tertiary/aromatic N) is 2. The Hall–Kier alpha value is -1.57. The van der Waals surface area contributed by atoms with Gasteiger partial charge in [-0.05, 0) is 68.6 Å². The summed E-state index contributed by atoms with van der Waals surface area (Å²) in [6.07, 6.45) is -1.37. The summed E-state index contributed by atoms with van der Waals surface area (Å²) in [5, 5.41) is 21.4. The van der Waals surface area contributed by atoms with E-state index in [0.717, 1.165) is 44.1 Å². The topological polar surface area (TPSA) is 58.0 Å². The second-order valence-corrected chi connectivity index (χ2v) is 6.06. The molecule has 1 fully saturated rings. The molecule has 2 heterocycles. The fourth-order valence-electron chi connectivity index (χ4n) is 2.93. The van der Waals surface area contributed by atoms with Crippen molar-refractivity contribution in [1.82, 2.24) is 15.5 Å². The Balaban J connectivity index is 0.00000169. The first-order valence-electron chi connectivity index (χ1n) is 7.87. The van der Waals surface area contributed by atoms with Crippen LogP contribution in [-0.2, 0) is 12.6 Å². The summed E-state index contributed by atoms with van der Waals surface area (Å²) in [5.41, 5.74) is 0.546. The minimum atomic E-state index is -4.49. The SMILES string of the molecule is Cl.Cl.Oc1cc(C(F)(F)F)ccc1-c1ccc(CC2CCCNC2)nn1. The van der Waals surface area contributed by atoms with Gasteiger partial charge in [-0.1, -0.05) is 0 Å². The molecule has 2 aromatic rings. The number of benzene rings is 1. The molecular formula is C17H20Cl2F3N3O. The van der Waals surface area contributed by atoms with Crippen molar-refractivity contribution in [2.75, 3.05) is 13.1 Å². The van der Waals surface area contributed by atoms with Gasteiger partial charge in [0.1, 0.15) is 5.75 Å². The van der Waals surface area contributed by atoms with Crippen molar-refractivity contribution in [1.29, 1.82) is 0 Å². The molecule has 0 bridgehead atoms. The number of phenols is 1. The van der Waals surface area contributed by atoms with E-state index in [1.165, 1.54) is 6.07 Å². The van der Waals surface area contributed by atoms with Gasteiger partial charge in [0.15, 0.2) is 0 Å². The summed E-state index contributed by atoms with van der Waals surface area (Å²) in [7, 11) is 0. The Kier molecular flexibility index (Phi) is 8.12. The summed E-state index contributed by atoms with van der Waals surface area (Å²) in [6, 6.07) is 6.35. The van der Waals surface area contributed by atoms with Crippen molar-refractivity contribution < 1.29 is 18.3 Å². The zero-order chi connectivity index (χ0) is 17.2. The smallest absolute Gasteiger partial charge is 0.416 e. The Morgan fingerprint density at radius 2 is 1.88 bits per heavy atom. The predicted octanol–water partition coefficient (Wildman–Crippen LogP) is 4.25. The van der Waals surface area contributed by atoms with Crippen LogP contribution in [-0.4, -0.2) is 28.4 Å². The Morgan fingerprint density at radius 3 is 2.42 bits per heavy atom. The van der Waals surface area contributed by atoms with Crippen LogP contribution in [0.15, 0.2) is 30.3 Å². The number of alkyl halides is 3. The molecule has 1 aliphatic heterocycles. The maximum atomic E-state index is 12.6. The summed E-state index contributed by atoms with van der Waals surface area (Å²) in [6.45, 7) is 2.01. The summed E-state index contributed by atoms with van der Waals surface area (Å²) < 4.78 is 37.9. The van der Waals surface area contributed by atoms with Crippen LogP contribution in [0.1, 0.15) is 24.1 Å². The molecule has 9 heteroatoms. The normalized spacial score (nSPS) is 17.1. The average Bonchev–Trinajstić information content (AvgIpc) is 2.56. The fraction of sp³-hybridized carbons (Fsp3) is 0.412. The highest BCUT2D eigenvalue weighted by Crippen LogP contribution is 2.35. The third-order valence-corrected chi connectivity index (χ3v) is 4.22. The molecule has 0 saturated carbocycles. The molecule has 2 N–H and O–H groups in total. The van der Waals surface area contributed by atoms with Gasteiger partial charge in [-0.15, -0.1) is 24.8 Å². The van der Waals surface area contributed by atoms with Gasteiger partial charge in [0, 0.05) is 5.56 Å². The van der Waals surface area contributed by atoms with E-state index >= 15 is 0 Å². The first-order valence-corrected chi connectivity index (χ1v) is 7.87. The van der Waals surface area contributed by atoms with Crippen LogP contribution < -0.4 is 5.32 Å². The van der Waals surface area contributed by atoms with Crippen LogP contribution in [0.25, 0.3) is 11.3 Å². The van der Waals surface area contributed by atoms with Crippen LogP contribution in [0.2, 0.25) is 0 Å². The van der Waals surface area contributed by atoms with E-state index < -0.39 is 17.5 Å². The molecule has 1 aromatic heterocycles. The molecule has 1 aromatic carbocycles. The number of halogens is 5. The lowest BCUT2D eigenvalue weighted by Gasteiger charge is -2.22. The van der Waals surface area contributed by atoms with Crippen LogP contribution in [0.3, 0.4) is 0 Å². The Morgan fingerprint density at radius 1 is 1.12 bits per heavy atom. The monoisotopic (exact) mass is 409 g/mol. The van der Waals surface area contributed by atoms with Gasteiger partial charge in [0.25, 0.3) is 0 Å². The van der Waals surface area contributed by atoms with Crippen molar-refractivity contribution in [3.05, 3.63) is 41.6 Å². The van der Waals surface area contributed by atoms with Crippen LogP contribution in [0.5, 0.6) is 5.75 Å². The number of aromatic hydroxyl groups is 1. The summed E-state index contributed by atoms with van der Waals surface area (Å²) >= 11 is 0. The van der Waals surface area contributed by atoms with Crippen molar-refractivity contribution in [2.45, 2.75) is 25.4 Å². The maximum Gasteiger partial charge on any atom is 0.416 e. The van der Waals surface area contributed by atoms with E-state index in [9.17, 15) is 18.3 Å². The van der Waals surface area contributed by atoms with Gasteiger partial charge in [-0.3, -0.25) is 0 Å². The predicted molar refractivity (Wildman–Crippen MR) is 97.9 cm³/mol. The third kappa shape index (κ3) is 5.46. The van der Waals surface area contributed by atoms with E-state index in [1.807, 2.05) is 6.07 Å². The number of aromatic nitrogens is 2.